The highest BCUT2D eigenvalue weighted by Crippen LogP contribution is 2.62. The number of hydrogen-bond acceptors (Lipinski definition) is 1. The van der Waals surface area contributed by atoms with Crippen LogP contribution < -0.4 is 0 Å². The predicted molar refractivity (Wildman–Crippen MR) is 89.3 cm³/mol. The zero-order chi connectivity index (χ0) is 15.5. The minimum Gasteiger partial charge on any atom is -0.299 e. The van der Waals surface area contributed by atoms with Crippen molar-refractivity contribution in [2.45, 2.75) is 58.8 Å². The topological polar surface area (TPSA) is 17.1 Å². The van der Waals surface area contributed by atoms with Crippen LogP contribution in [0.25, 0.3) is 0 Å². The van der Waals surface area contributed by atoms with Crippen LogP contribution >= 0.6 is 0 Å². The molecule has 118 valence electrons. The maximum atomic E-state index is 11.9. The van der Waals surface area contributed by atoms with E-state index >= 15 is 0 Å². The Balaban J connectivity index is 1.71. The number of allylic oxidation sites excluding steroid dienone is 3. The second kappa shape index (κ2) is 4.96. The molecule has 0 N–H and O–H groups in total. The van der Waals surface area contributed by atoms with Crippen LogP contribution in [0, 0.1) is 35.0 Å². The molecular formula is C21H28O. The Labute approximate surface area is 134 Å². The quantitative estimate of drug-likeness (QED) is 0.450. The van der Waals surface area contributed by atoms with Crippen LogP contribution in [-0.4, -0.2) is 5.78 Å². The molecule has 0 aliphatic heterocycles. The molecule has 0 heterocycles. The lowest BCUT2D eigenvalue weighted by atomic mass is 9.49. The van der Waals surface area contributed by atoms with E-state index in [4.69, 9.17) is 0 Å². The van der Waals surface area contributed by atoms with Crippen LogP contribution in [0.5, 0.6) is 0 Å². The summed E-state index contributed by atoms with van der Waals surface area (Å²) in [6.07, 6.45) is 10.2. The van der Waals surface area contributed by atoms with Crippen LogP contribution in [0.3, 0.4) is 0 Å². The van der Waals surface area contributed by atoms with Gasteiger partial charge in [-0.1, -0.05) is 32.1 Å². The van der Waals surface area contributed by atoms with E-state index in [0.29, 0.717) is 11.2 Å². The zero-order valence-corrected chi connectivity index (χ0v) is 14.0. The second-order valence-electron chi connectivity index (χ2n) is 8.51. The number of rotatable bonds is 0. The van der Waals surface area contributed by atoms with Crippen LogP contribution in [0.15, 0.2) is 29.5 Å². The van der Waals surface area contributed by atoms with Gasteiger partial charge in [0.25, 0.3) is 0 Å². The summed E-state index contributed by atoms with van der Waals surface area (Å²) in [7, 11) is 0. The minimum absolute atomic E-state index is 0.302. The maximum Gasteiger partial charge on any atom is 0.136 e. The van der Waals surface area contributed by atoms with Crippen molar-refractivity contribution in [1.29, 1.82) is 0 Å². The van der Waals surface area contributed by atoms with Crippen molar-refractivity contribution in [2.24, 2.45) is 35.0 Å². The Morgan fingerprint density at radius 2 is 2.14 bits per heavy atom. The Morgan fingerprint density at radius 3 is 2.91 bits per heavy atom. The Morgan fingerprint density at radius 1 is 1.32 bits per heavy atom. The summed E-state index contributed by atoms with van der Waals surface area (Å²) in [5, 5.41) is 0. The van der Waals surface area contributed by atoms with Crippen molar-refractivity contribution >= 4 is 5.78 Å². The Bertz CT molecular complexity index is 591. The lowest BCUT2D eigenvalue weighted by molar-refractivity contribution is -0.122. The van der Waals surface area contributed by atoms with Crippen LogP contribution in [0.1, 0.15) is 58.8 Å². The molecule has 1 nitrogen and oxygen atoms in total. The summed E-state index contributed by atoms with van der Waals surface area (Å²) >= 11 is 0. The smallest absolute Gasteiger partial charge is 0.136 e. The molecule has 4 aliphatic carbocycles. The molecule has 0 spiro atoms. The summed E-state index contributed by atoms with van der Waals surface area (Å²) in [4.78, 5) is 11.9. The van der Waals surface area contributed by atoms with Gasteiger partial charge in [-0.05, 0) is 72.7 Å². The molecule has 0 aromatic heterocycles. The summed E-state index contributed by atoms with van der Waals surface area (Å²) in [5.74, 6) is 4.41. The number of hydrogen-bond donors (Lipinski definition) is 0. The van der Waals surface area contributed by atoms with Crippen molar-refractivity contribution in [3.63, 3.8) is 0 Å². The molecule has 3 fully saturated rings. The third-order valence-corrected chi connectivity index (χ3v) is 7.64. The molecule has 0 saturated heterocycles. The average Bonchev–Trinajstić information content (AvgIpc) is 2.94. The first-order valence-corrected chi connectivity index (χ1v) is 9.14. The van der Waals surface area contributed by atoms with Gasteiger partial charge in [0.2, 0.25) is 0 Å². The third kappa shape index (κ3) is 1.88. The highest BCUT2D eigenvalue weighted by Gasteiger charge is 2.55. The van der Waals surface area contributed by atoms with E-state index in [0.717, 1.165) is 48.9 Å². The lowest BCUT2D eigenvalue weighted by Gasteiger charge is -2.55. The number of Topliss-reactive ketones (excluding diaryl/α,β-unsaturated/α-hetero) is 1. The molecule has 3 saturated carbocycles. The van der Waals surface area contributed by atoms with E-state index in [-0.39, 0.29) is 0 Å². The Hall–Kier alpha value is -1.07. The highest BCUT2D eigenvalue weighted by molar-refractivity contribution is 5.82. The number of fused-ring (bicyclic) bond motifs is 5. The molecule has 6 atom stereocenters. The molecule has 0 aromatic rings. The molecule has 0 amide bonds. The molecule has 0 bridgehead atoms. The van der Waals surface area contributed by atoms with Crippen LogP contribution in [0.4, 0.5) is 0 Å². The van der Waals surface area contributed by atoms with Gasteiger partial charge in [-0.2, -0.15) is 0 Å². The predicted octanol–water partition coefficient (Wildman–Crippen LogP) is 5.09. The maximum absolute atomic E-state index is 11.9. The molecule has 4 unspecified atom stereocenters. The van der Waals surface area contributed by atoms with E-state index in [1.165, 1.54) is 36.8 Å². The van der Waals surface area contributed by atoms with Crippen LogP contribution in [-0.2, 0) is 4.79 Å². The second-order valence-corrected chi connectivity index (χ2v) is 8.51. The molecule has 0 radical (unpaired) electrons. The molecular weight excluding hydrogens is 268 g/mol. The van der Waals surface area contributed by atoms with Gasteiger partial charge in [-0.3, -0.25) is 4.79 Å². The van der Waals surface area contributed by atoms with Gasteiger partial charge in [-0.15, -0.1) is 5.73 Å². The minimum atomic E-state index is 0.302. The standard InChI is InChI=1S/C21H28O/c1-4-14-5-7-18-17-8-6-15-12-16(22)9-10-21(15,3)19(17)11-13(2)20(14)18/h6,13,17-20H,1,5,7-12H2,2-3H3/t13-,17?,18?,19?,20?,21+/m1/s1. The van der Waals surface area contributed by atoms with E-state index in [9.17, 15) is 4.79 Å². The highest BCUT2D eigenvalue weighted by atomic mass is 16.1. The van der Waals surface area contributed by atoms with E-state index in [1.54, 1.807) is 0 Å². The number of carbonyl (C=O) groups is 1. The zero-order valence-electron chi connectivity index (χ0n) is 14.0. The van der Waals surface area contributed by atoms with Crippen molar-refractivity contribution in [3.8, 4) is 0 Å². The van der Waals surface area contributed by atoms with Gasteiger partial charge >= 0.3 is 0 Å². The van der Waals surface area contributed by atoms with Crippen molar-refractivity contribution < 1.29 is 4.79 Å². The SMILES string of the molecule is C=C=C1CCC2C3CC=C4CC(=O)CC[C@]4(C)C3C[C@@H](C)C12. The molecule has 22 heavy (non-hydrogen) atoms. The average molecular weight is 296 g/mol. The van der Waals surface area contributed by atoms with Gasteiger partial charge in [-0.25, -0.2) is 0 Å². The van der Waals surface area contributed by atoms with Crippen LogP contribution in [0.2, 0.25) is 0 Å². The lowest BCUT2D eigenvalue weighted by Crippen LogP contribution is -2.48. The van der Waals surface area contributed by atoms with Gasteiger partial charge in [0.1, 0.15) is 5.78 Å². The molecule has 0 aromatic carbocycles. The first-order chi connectivity index (χ1) is 10.5. The molecule has 4 rings (SSSR count). The first kappa shape index (κ1) is 14.5. The fourth-order valence-electron chi connectivity index (χ4n) is 6.54. The summed E-state index contributed by atoms with van der Waals surface area (Å²) in [6, 6.07) is 0. The summed E-state index contributed by atoms with van der Waals surface area (Å²) < 4.78 is 0. The summed E-state index contributed by atoms with van der Waals surface area (Å²) in [5.41, 5.74) is 6.56. The van der Waals surface area contributed by atoms with Crippen molar-refractivity contribution in [3.05, 3.63) is 29.5 Å². The fourth-order valence-corrected chi connectivity index (χ4v) is 6.54. The first-order valence-electron chi connectivity index (χ1n) is 9.14. The van der Waals surface area contributed by atoms with E-state index in [1.807, 2.05) is 0 Å². The van der Waals surface area contributed by atoms with E-state index < -0.39 is 0 Å². The summed E-state index contributed by atoms with van der Waals surface area (Å²) in [6.45, 7) is 8.87. The molecule has 1 heteroatoms. The Kier molecular flexibility index (Phi) is 3.28. The number of ketones is 1. The van der Waals surface area contributed by atoms with Crippen molar-refractivity contribution in [1.82, 2.24) is 0 Å². The van der Waals surface area contributed by atoms with Gasteiger partial charge < -0.3 is 0 Å². The van der Waals surface area contributed by atoms with Gasteiger partial charge in [0, 0.05) is 12.8 Å². The van der Waals surface area contributed by atoms with Gasteiger partial charge in [0.05, 0.1) is 0 Å². The van der Waals surface area contributed by atoms with E-state index in [2.05, 4.69) is 32.2 Å². The monoisotopic (exact) mass is 296 g/mol. The third-order valence-electron chi connectivity index (χ3n) is 7.64. The fraction of sp³-hybridized carbons (Fsp3) is 0.714. The normalized spacial score (nSPS) is 47.2. The van der Waals surface area contributed by atoms with Gasteiger partial charge in [0.15, 0.2) is 0 Å². The molecule has 4 aliphatic rings. The largest absolute Gasteiger partial charge is 0.299 e. The number of carbonyl (C=O) groups excluding carboxylic acids is 1. The van der Waals surface area contributed by atoms with Crippen molar-refractivity contribution in [2.75, 3.05) is 0 Å².